The normalized spacial score (nSPS) is 20.4. The molecule has 3 heterocycles. The fraction of sp³-hybridized carbons (Fsp3) is 0.292. The predicted molar refractivity (Wildman–Crippen MR) is 127 cm³/mol. The van der Waals surface area contributed by atoms with Gasteiger partial charge in [0.1, 0.15) is 35.8 Å². The Morgan fingerprint density at radius 2 is 2.00 bits per heavy atom. The number of aryl methyl sites for hydroxylation is 1. The first-order valence-corrected chi connectivity index (χ1v) is 11.2. The number of hydrogen-bond donors (Lipinski definition) is 3. The highest BCUT2D eigenvalue weighted by atomic mass is 35.5. The standard InChI is InChI=1S/C24H23ClFN5O3/c1-34-10-19-14-4-5-31(24(14)29-11-28-19)20-8-13(21(32)22(20)33)3-2-12-6-17(26)15-9-16(25)23(27)30-18(15)7-12/h4-9,11,20-22,32-33H,2-3,10H2,1H3,(H2,27,30)/t20-,21-,22+/m1/s1. The number of halogens is 2. The lowest BCUT2D eigenvalue weighted by Crippen LogP contribution is -2.29. The number of fused-ring (bicyclic) bond motifs is 2. The van der Waals surface area contributed by atoms with E-state index in [1.54, 1.807) is 13.2 Å². The van der Waals surface area contributed by atoms with Crippen LogP contribution in [0.2, 0.25) is 5.02 Å². The molecule has 0 saturated heterocycles. The van der Waals surface area contributed by atoms with E-state index in [-0.39, 0.29) is 10.8 Å². The average Bonchev–Trinajstić information content (AvgIpc) is 3.36. The Morgan fingerprint density at radius 3 is 2.79 bits per heavy atom. The van der Waals surface area contributed by atoms with Crippen LogP contribution in [0, 0.1) is 5.82 Å². The number of aliphatic hydroxyl groups is 2. The Morgan fingerprint density at radius 1 is 1.18 bits per heavy atom. The van der Waals surface area contributed by atoms with Gasteiger partial charge in [-0.1, -0.05) is 17.7 Å². The monoisotopic (exact) mass is 483 g/mol. The van der Waals surface area contributed by atoms with E-state index in [9.17, 15) is 14.6 Å². The average molecular weight is 484 g/mol. The van der Waals surface area contributed by atoms with Crippen LogP contribution in [0.15, 0.2) is 48.4 Å². The Labute approximate surface area is 199 Å². The van der Waals surface area contributed by atoms with Crippen molar-refractivity contribution in [2.75, 3.05) is 12.8 Å². The van der Waals surface area contributed by atoms with Crippen LogP contribution < -0.4 is 5.73 Å². The maximum Gasteiger partial charge on any atom is 0.144 e. The molecule has 0 spiro atoms. The number of methoxy groups -OCH3 is 1. The van der Waals surface area contributed by atoms with Crippen LogP contribution in [0.3, 0.4) is 0 Å². The van der Waals surface area contributed by atoms with Crippen molar-refractivity contribution in [1.29, 1.82) is 0 Å². The second-order valence-electron chi connectivity index (χ2n) is 8.38. The number of benzene rings is 1. The van der Waals surface area contributed by atoms with Crippen LogP contribution >= 0.6 is 11.6 Å². The Bertz CT molecular complexity index is 1420. The third-order valence-electron chi connectivity index (χ3n) is 6.26. The van der Waals surface area contributed by atoms with Crippen LogP contribution in [-0.2, 0) is 17.8 Å². The van der Waals surface area contributed by atoms with Crippen molar-refractivity contribution in [3.05, 3.63) is 70.5 Å². The Kier molecular flexibility index (Phi) is 5.95. The summed E-state index contributed by atoms with van der Waals surface area (Å²) in [6.07, 6.45) is 3.93. The van der Waals surface area contributed by atoms with Crippen molar-refractivity contribution >= 4 is 39.4 Å². The van der Waals surface area contributed by atoms with Crippen LogP contribution in [0.1, 0.15) is 23.7 Å². The van der Waals surface area contributed by atoms with E-state index in [2.05, 4.69) is 15.0 Å². The number of aromatic nitrogens is 4. The quantitative estimate of drug-likeness (QED) is 0.360. The van der Waals surface area contributed by atoms with Gasteiger partial charge in [-0.25, -0.2) is 19.3 Å². The fourth-order valence-electron chi connectivity index (χ4n) is 4.52. The molecule has 4 aromatic rings. The summed E-state index contributed by atoms with van der Waals surface area (Å²) in [5.41, 5.74) is 8.96. The zero-order chi connectivity index (χ0) is 24.0. The molecule has 0 aliphatic heterocycles. The molecule has 0 saturated carbocycles. The molecule has 3 aromatic heterocycles. The van der Waals surface area contributed by atoms with Crippen molar-refractivity contribution < 1.29 is 19.3 Å². The molecule has 1 aromatic carbocycles. The second kappa shape index (κ2) is 8.92. The van der Waals surface area contributed by atoms with Crippen LogP contribution in [0.25, 0.3) is 21.9 Å². The van der Waals surface area contributed by atoms with Gasteiger partial charge in [0, 0.05) is 24.1 Å². The van der Waals surface area contributed by atoms with Crippen LogP contribution in [0.4, 0.5) is 10.2 Å². The van der Waals surface area contributed by atoms with Gasteiger partial charge in [0.05, 0.1) is 28.9 Å². The molecule has 0 radical (unpaired) electrons. The molecule has 34 heavy (non-hydrogen) atoms. The van der Waals surface area contributed by atoms with E-state index in [0.717, 1.165) is 11.1 Å². The van der Waals surface area contributed by atoms with E-state index in [4.69, 9.17) is 22.1 Å². The Balaban J connectivity index is 1.41. The summed E-state index contributed by atoms with van der Waals surface area (Å²) in [6, 6.07) is 6.03. The summed E-state index contributed by atoms with van der Waals surface area (Å²) in [7, 11) is 1.60. The molecule has 5 rings (SSSR count). The highest BCUT2D eigenvalue weighted by Crippen LogP contribution is 2.35. The minimum atomic E-state index is -1.04. The molecule has 3 atom stereocenters. The molecular formula is C24H23ClFN5O3. The van der Waals surface area contributed by atoms with Gasteiger partial charge in [0.25, 0.3) is 0 Å². The number of nitrogens with two attached hydrogens (primary N) is 1. The molecule has 1 aliphatic rings. The fourth-order valence-corrected chi connectivity index (χ4v) is 4.68. The molecule has 1 aliphatic carbocycles. The third kappa shape index (κ3) is 3.90. The molecule has 10 heteroatoms. The summed E-state index contributed by atoms with van der Waals surface area (Å²) in [6.45, 7) is 0.342. The second-order valence-corrected chi connectivity index (χ2v) is 8.79. The number of aliphatic hydroxyl groups excluding tert-OH is 2. The lowest BCUT2D eigenvalue weighted by molar-refractivity contribution is 0.0317. The van der Waals surface area contributed by atoms with Crippen molar-refractivity contribution in [3.63, 3.8) is 0 Å². The largest absolute Gasteiger partial charge is 0.388 e. The zero-order valence-corrected chi connectivity index (χ0v) is 19.1. The highest BCUT2D eigenvalue weighted by molar-refractivity contribution is 6.33. The summed E-state index contributed by atoms with van der Waals surface area (Å²) < 4.78 is 21.6. The van der Waals surface area contributed by atoms with E-state index >= 15 is 0 Å². The Hall–Kier alpha value is -3.11. The summed E-state index contributed by atoms with van der Waals surface area (Å²) >= 11 is 5.96. The SMILES string of the molecule is COCc1ncnc2c1ccn2[C@@H]1C=C(CCc2cc(F)c3cc(Cl)c(N)nc3c2)[C@@H](O)[C@H]1O. The molecule has 0 fully saturated rings. The van der Waals surface area contributed by atoms with Gasteiger partial charge in [0.2, 0.25) is 0 Å². The van der Waals surface area contributed by atoms with Crippen molar-refractivity contribution in [3.8, 4) is 0 Å². The van der Waals surface area contributed by atoms with Gasteiger partial charge < -0.3 is 25.3 Å². The van der Waals surface area contributed by atoms with Gasteiger partial charge in [-0.05, 0) is 48.2 Å². The predicted octanol–water partition coefficient (Wildman–Crippen LogP) is 3.34. The van der Waals surface area contributed by atoms with Gasteiger partial charge in [-0.15, -0.1) is 0 Å². The topological polar surface area (TPSA) is 119 Å². The number of hydrogen-bond acceptors (Lipinski definition) is 7. The molecule has 0 bridgehead atoms. The van der Waals surface area contributed by atoms with E-state index in [0.29, 0.717) is 47.1 Å². The number of rotatable bonds is 6. The zero-order valence-electron chi connectivity index (χ0n) is 18.3. The number of ether oxygens (including phenoxy) is 1. The van der Waals surface area contributed by atoms with Gasteiger partial charge in [-0.2, -0.15) is 0 Å². The number of anilines is 1. The van der Waals surface area contributed by atoms with E-state index in [1.165, 1.54) is 18.5 Å². The first-order valence-electron chi connectivity index (χ1n) is 10.8. The minimum absolute atomic E-state index is 0.141. The third-order valence-corrected chi connectivity index (χ3v) is 6.56. The molecule has 176 valence electrons. The number of nitrogens with zero attached hydrogens (tertiary/aromatic N) is 4. The van der Waals surface area contributed by atoms with E-state index < -0.39 is 24.1 Å². The van der Waals surface area contributed by atoms with Crippen LogP contribution in [-0.4, -0.2) is 49.0 Å². The molecule has 0 amide bonds. The lowest BCUT2D eigenvalue weighted by Gasteiger charge is -2.19. The maximum atomic E-state index is 14.6. The maximum absolute atomic E-state index is 14.6. The molecule has 4 N–H and O–H groups in total. The molecule has 0 unspecified atom stereocenters. The number of pyridine rings is 1. The van der Waals surface area contributed by atoms with Crippen molar-refractivity contribution in [2.24, 2.45) is 0 Å². The first kappa shape index (κ1) is 22.7. The number of nitrogen functional groups attached to an aromatic ring is 1. The summed E-state index contributed by atoms with van der Waals surface area (Å²) in [5.74, 6) is -0.298. The van der Waals surface area contributed by atoms with Crippen LogP contribution in [0.5, 0.6) is 0 Å². The minimum Gasteiger partial charge on any atom is -0.388 e. The van der Waals surface area contributed by atoms with E-state index in [1.807, 2.05) is 22.9 Å². The van der Waals surface area contributed by atoms with Gasteiger partial charge >= 0.3 is 0 Å². The lowest BCUT2D eigenvalue weighted by atomic mass is 10.0. The summed E-state index contributed by atoms with van der Waals surface area (Å²) in [4.78, 5) is 12.8. The van der Waals surface area contributed by atoms with Crippen molar-refractivity contribution in [1.82, 2.24) is 19.5 Å². The summed E-state index contributed by atoms with van der Waals surface area (Å²) in [5, 5.41) is 22.8. The highest BCUT2D eigenvalue weighted by Gasteiger charge is 2.36. The van der Waals surface area contributed by atoms with Crippen molar-refractivity contribution in [2.45, 2.75) is 37.7 Å². The first-order chi connectivity index (χ1) is 16.4. The smallest absolute Gasteiger partial charge is 0.144 e. The molecule has 8 nitrogen and oxygen atoms in total. The van der Waals surface area contributed by atoms with Gasteiger partial charge in [0.15, 0.2) is 0 Å². The van der Waals surface area contributed by atoms with Gasteiger partial charge in [-0.3, -0.25) is 0 Å². The molecular weight excluding hydrogens is 461 g/mol.